The van der Waals surface area contributed by atoms with Crippen LogP contribution in [0.15, 0.2) is 42.5 Å². The van der Waals surface area contributed by atoms with Crippen LogP contribution in [0, 0.1) is 20.8 Å². The van der Waals surface area contributed by atoms with Gasteiger partial charge in [0.05, 0.1) is 25.0 Å². The predicted octanol–water partition coefficient (Wildman–Crippen LogP) is 5.13. The normalized spacial score (nSPS) is 10.4. The van der Waals surface area contributed by atoms with Crippen molar-refractivity contribution in [2.24, 2.45) is 0 Å². The fraction of sp³-hybridized carbons (Fsp3) is 0.269. The summed E-state index contributed by atoms with van der Waals surface area (Å²) in [6.45, 7) is 7.34. The minimum atomic E-state index is -0.470. The summed E-state index contributed by atoms with van der Waals surface area (Å²) in [6.07, 6.45) is 0. The Balaban J connectivity index is 1.60. The van der Waals surface area contributed by atoms with Gasteiger partial charge in [0.2, 0.25) is 0 Å². The highest BCUT2D eigenvalue weighted by Crippen LogP contribution is 2.33. The third-order valence-corrected chi connectivity index (χ3v) is 6.33. The maximum absolute atomic E-state index is 12.6. The highest BCUT2D eigenvalue weighted by atomic mass is 32.1. The summed E-state index contributed by atoms with van der Waals surface area (Å²) < 4.78 is 16.0. The molecule has 0 fully saturated rings. The Bertz CT molecular complexity index is 1230. The van der Waals surface area contributed by atoms with Gasteiger partial charge in [0.25, 0.3) is 11.8 Å². The largest absolute Gasteiger partial charge is 0.495 e. The second-order valence-corrected chi connectivity index (χ2v) is 8.95. The number of esters is 1. The second-order valence-electron chi connectivity index (χ2n) is 7.73. The summed E-state index contributed by atoms with van der Waals surface area (Å²) in [4.78, 5) is 38.3. The van der Waals surface area contributed by atoms with Crippen LogP contribution < -0.4 is 20.1 Å². The number of nitrogens with one attached hydrogen (secondary N) is 2. The molecule has 1 aromatic heterocycles. The summed E-state index contributed by atoms with van der Waals surface area (Å²) >= 11 is 1.31. The molecule has 0 unspecified atom stereocenters. The van der Waals surface area contributed by atoms with E-state index < -0.39 is 11.9 Å². The van der Waals surface area contributed by atoms with E-state index in [9.17, 15) is 14.4 Å². The molecule has 3 rings (SSSR count). The van der Waals surface area contributed by atoms with Gasteiger partial charge in [-0.15, -0.1) is 11.3 Å². The van der Waals surface area contributed by atoms with Crippen LogP contribution in [0.1, 0.15) is 43.6 Å². The lowest BCUT2D eigenvalue weighted by molar-refractivity contribution is -0.118. The maximum Gasteiger partial charge on any atom is 0.341 e. The van der Waals surface area contributed by atoms with Gasteiger partial charge < -0.3 is 24.8 Å². The topological polar surface area (TPSA) is 103 Å². The smallest absolute Gasteiger partial charge is 0.341 e. The molecule has 8 nitrogen and oxygen atoms in total. The molecule has 0 aliphatic rings. The molecule has 3 aromatic rings. The lowest BCUT2D eigenvalue weighted by Crippen LogP contribution is -2.21. The van der Waals surface area contributed by atoms with Crippen LogP contribution in [0.3, 0.4) is 0 Å². The summed E-state index contributed by atoms with van der Waals surface area (Å²) in [5.74, 6) is -0.188. The number of thiophene rings is 1. The Kier molecular flexibility index (Phi) is 8.48. The number of carbonyl (C=O) groups excluding carboxylic acids is 3. The average Bonchev–Trinajstić information content (AvgIpc) is 3.11. The first-order chi connectivity index (χ1) is 16.7. The monoisotopic (exact) mass is 496 g/mol. The van der Waals surface area contributed by atoms with E-state index in [0.717, 1.165) is 16.0 Å². The van der Waals surface area contributed by atoms with Crippen molar-refractivity contribution in [3.8, 4) is 11.5 Å². The zero-order valence-electron chi connectivity index (χ0n) is 20.3. The lowest BCUT2D eigenvalue weighted by atomic mass is 10.1. The Morgan fingerprint density at radius 2 is 1.69 bits per heavy atom. The molecule has 1 heterocycles. The molecule has 0 atom stereocenters. The van der Waals surface area contributed by atoms with E-state index in [0.29, 0.717) is 33.3 Å². The predicted molar refractivity (Wildman–Crippen MR) is 136 cm³/mol. The van der Waals surface area contributed by atoms with Crippen molar-refractivity contribution < 1.29 is 28.6 Å². The van der Waals surface area contributed by atoms with Crippen LogP contribution in [0.4, 0.5) is 10.7 Å². The number of rotatable bonds is 9. The van der Waals surface area contributed by atoms with E-state index in [1.165, 1.54) is 11.3 Å². The van der Waals surface area contributed by atoms with Gasteiger partial charge in [0.1, 0.15) is 16.5 Å². The molecule has 0 bridgehead atoms. The zero-order chi connectivity index (χ0) is 25.5. The molecule has 0 aliphatic carbocycles. The maximum atomic E-state index is 12.6. The SMILES string of the molecule is CCOC(=O)c1c(NC(=O)COc2ccc(C(=O)Nc3cc(C)ccc3OC)cc2)sc(C)c1C. The molecular formula is C26H28N2O6S. The Morgan fingerprint density at radius 1 is 0.971 bits per heavy atom. The number of anilines is 2. The van der Waals surface area contributed by atoms with Crippen LogP contribution in [0.5, 0.6) is 11.5 Å². The molecule has 184 valence electrons. The summed E-state index contributed by atoms with van der Waals surface area (Å²) in [6, 6.07) is 12.0. The highest BCUT2D eigenvalue weighted by molar-refractivity contribution is 7.16. The third-order valence-electron chi connectivity index (χ3n) is 5.21. The number of benzene rings is 2. The summed E-state index contributed by atoms with van der Waals surface area (Å²) in [7, 11) is 1.54. The fourth-order valence-corrected chi connectivity index (χ4v) is 4.36. The van der Waals surface area contributed by atoms with Crippen molar-refractivity contribution in [1.29, 1.82) is 0 Å². The van der Waals surface area contributed by atoms with E-state index in [1.807, 2.05) is 32.9 Å². The van der Waals surface area contributed by atoms with Crippen LogP contribution in [0.2, 0.25) is 0 Å². The standard InChI is InChI=1S/C26H28N2O6S/c1-6-33-26(31)23-16(3)17(4)35-25(23)28-22(29)14-34-19-10-8-18(9-11-19)24(30)27-20-13-15(2)7-12-21(20)32-5/h7-13H,6,14H2,1-5H3,(H,27,30)(H,28,29). The zero-order valence-corrected chi connectivity index (χ0v) is 21.1. The molecule has 2 amide bonds. The van der Waals surface area contributed by atoms with Crippen LogP contribution in [-0.2, 0) is 9.53 Å². The van der Waals surface area contributed by atoms with Gasteiger partial charge in [0.15, 0.2) is 6.61 Å². The average molecular weight is 497 g/mol. The Morgan fingerprint density at radius 3 is 2.34 bits per heavy atom. The molecule has 2 aromatic carbocycles. The van der Waals surface area contributed by atoms with E-state index >= 15 is 0 Å². The molecule has 0 spiro atoms. The van der Waals surface area contributed by atoms with Crippen molar-refractivity contribution in [3.63, 3.8) is 0 Å². The first kappa shape index (κ1) is 25.8. The van der Waals surface area contributed by atoms with Crippen molar-refractivity contribution in [1.82, 2.24) is 0 Å². The number of aryl methyl sites for hydroxylation is 2. The minimum absolute atomic E-state index is 0.246. The number of methoxy groups -OCH3 is 1. The molecule has 2 N–H and O–H groups in total. The lowest BCUT2D eigenvalue weighted by Gasteiger charge is -2.12. The van der Waals surface area contributed by atoms with Gasteiger partial charge in [-0.3, -0.25) is 9.59 Å². The fourth-order valence-electron chi connectivity index (χ4n) is 3.29. The molecule has 0 aliphatic heterocycles. The van der Waals surface area contributed by atoms with Gasteiger partial charge in [-0.1, -0.05) is 6.07 Å². The van der Waals surface area contributed by atoms with Gasteiger partial charge in [0, 0.05) is 10.4 Å². The van der Waals surface area contributed by atoms with Crippen molar-refractivity contribution >= 4 is 39.8 Å². The van der Waals surface area contributed by atoms with Gasteiger partial charge in [-0.05, 0) is 75.2 Å². The Hall–Kier alpha value is -3.85. The molecule has 9 heteroatoms. The Labute approximate surface area is 208 Å². The first-order valence-electron chi connectivity index (χ1n) is 11.0. The van der Waals surface area contributed by atoms with E-state index in [1.54, 1.807) is 44.4 Å². The molecule has 0 saturated heterocycles. The van der Waals surface area contributed by atoms with E-state index in [-0.39, 0.29) is 19.1 Å². The quantitative estimate of drug-likeness (QED) is 0.398. The highest BCUT2D eigenvalue weighted by Gasteiger charge is 2.22. The number of amides is 2. The van der Waals surface area contributed by atoms with Crippen molar-refractivity contribution in [3.05, 3.63) is 69.6 Å². The number of ether oxygens (including phenoxy) is 3. The first-order valence-corrected chi connectivity index (χ1v) is 11.8. The van der Waals surface area contributed by atoms with Crippen LogP contribution in [-0.4, -0.2) is 38.1 Å². The third kappa shape index (κ3) is 6.39. The summed E-state index contributed by atoms with van der Waals surface area (Å²) in [5.41, 5.74) is 3.14. The van der Waals surface area contributed by atoms with Gasteiger partial charge in [-0.25, -0.2) is 4.79 Å². The molecule has 0 saturated carbocycles. The van der Waals surface area contributed by atoms with Gasteiger partial charge in [-0.2, -0.15) is 0 Å². The van der Waals surface area contributed by atoms with Crippen molar-refractivity contribution in [2.45, 2.75) is 27.7 Å². The summed E-state index contributed by atoms with van der Waals surface area (Å²) in [5, 5.41) is 6.01. The minimum Gasteiger partial charge on any atom is -0.495 e. The second kappa shape index (κ2) is 11.5. The van der Waals surface area contributed by atoms with Gasteiger partial charge >= 0.3 is 5.97 Å². The molecule has 0 radical (unpaired) electrons. The number of carbonyl (C=O) groups is 3. The number of hydrogen-bond donors (Lipinski definition) is 2. The van der Waals surface area contributed by atoms with Crippen LogP contribution in [0.25, 0.3) is 0 Å². The molecule has 35 heavy (non-hydrogen) atoms. The van der Waals surface area contributed by atoms with Crippen LogP contribution >= 0.6 is 11.3 Å². The van der Waals surface area contributed by atoms with Crippen molar-refractivity contribution in [2.75, 3.05) is 31.0 Å². The number of hydrogen-bond acceptors (Lipinski definition) is 7. The van der Waals surface area contributed by atoms with E-state index in [4.69, 9.17) is 14.2 Å². The molecular weight excluding hydrogens is 468 g/mol. The van der Waals surface area contributed by atoms with E-state index in [2.05, 4.69) is 10.6 Å².